The zero-order valence-corrected chi connectivity index (χ0v) is 16.7. The Balaban J connectivity index is 2.09. The van der Waals surface area contributed by atoms with Gasteiger partial charge in [-0.15, -0.1) is 0 Å². The van der Waals surface area contributed by atoms with Crippen molar-refractivity contribution in [1.82, 2.24) is 4.98 Å². The molecule has 1 aromatic heterocycles. The predicted octanol–water partition coefficient (Wildman–Crippen LogP) is 4.13. The van der Waals surface area contributed by atoms with Gasteiger partial charge in [-0.25, -0.2) is 13.4 Å². The molecular weight excluding hydrogens is 348 g/mol. The number of anilines is 4. The molecule has 0 aliphatic rings. The van der Waals surface area contributed by atoms with Crippen LogP contribution in [-0.2, 0) is 10.0 Å². The highest BCUT2D eigenvalue weighted by atomic mass is 32.2. The molecule has 7 heteroatoms. The maximum Gasteiger partial charge on any atom is 0.232 e. The van der Waals surface area contributed by atoms with Crippen molar-refractivity contribution in [1.29, 1.82) is 0 Å². The quantitative estimate of drug-likeness (QED) is 0.688. The average molecular weight is 377 g/mol. The van der Waals surface area contributed by atoms with E-state index in [4.69, 9.17) is 0 Å². The molecule has 0 atom stereocenters. The molecule has 142 valence electrons. The van der Waals surface area contributed by atoms with E-state index in [2.05, 4.69) is 52.8 Å². The Kier molecular flexibility index (Phi) is 6.85. The number of nitrogens with zero attached hydrogens (tertiary/aromatic N) is 2. The third-order valence-corrected chi connectivity index (χ3v) is 5.60. The van der Waals surface area contributed by atoms with E-state index in [1.807, 2.05) is 13.0 Å². The third-order valence-electron chi connectivity index (χ3n) is 4.11. The van der Waals surface area contributed by atoms with Crippen LogP contribution < -0.4 is 14.9 Å². The van der Waals surface area contributed by atoms with Gasteiger partial charge in [-0.2, -0.15) is 0 Å². The first-order valence-electron chi connectivity index (χ1n) is 8.97. The maximum atomic E-state index is 11.8. The molecule has 0 spiro atoms. The van der Waals surface area contributed by atoms with Gasteiger partial charge in [0, 0.05) is 24.5 Å². The van der Waals surface area contributed by atoms with Crippen LogP contribution in [0.15, 0.2) is 36.5 Å². The monoisotopic (exact) mass is 376 g/mol. The largest absolute Gasteiger partial charge is 0.372 e. The van der Waals surface area contributed by atoms with E-state index in [0.29, 0.717) is 17.9 Å². The van der Waals surface area contributed by atoms with Crippen LogP contribution in [0.1, 0.15) is 32.8 Å². The lowest BCUT2D eigenvalue weighted by molar-refractivity contribution is 0.600. The summed E-state index contributed by atoms with van der Waals surface area (Å²) in [5.41, 5.74) is 3.78. The summed E-state index contributed by atoms with van der Waals surface area (Å²) in [7, 11) is -3.30. The zero-order valence-electron chi connectivity index (χ0n) is 15.9. The van der Waals surface area contributed by atoms with Crippen LogP contribution in [0, 0.1) is 6.92 Å². The minimum absolute atomic E-state index is 0.102. The van der Waals surface area contributed by atoms with Gasteiger partial charge < -0.3 is 10.2 Å². The van der Waals surface area contributed by atoms with Crippen molar-refractivity contribution in [2.75, 3.05) is 33.8 Å². The number of rotatable bonds is 9. The van der Waals surface area contributed by atoms with E-state index in [-0.39, 0.29) is 5.75 Å². The van der Waals surface area contributed by atoms with Gasteiger partial charge in [-0.3, -0.25) is 4.72 Å². The second-order valence-corrected chi connectivity index (χ2v) is 7.99. The van der Waals surface area contributed by atoms with E-state index in [9.17, 15) is 8.42 Å². The second kappa shape index (κ2) is 8.89. The molecule has 0 saturated heterocycles. The molecule has 0 amide bonds. The standard InChI is InChI=1S/C19H28N4O2S/c1-5-12-26(24,25)22-16-8-11-19(20-14-16)21-18-10-9-17(13-15(18)4)23(6-2)7-3/h8-11,13-14,22H,5-7,12H2,1-4H3,(H,20,21). The minimum atomic E-state index is -3.30. The van der Waals surface area contributed by atoms with Crippen molar-refractivity contribution in [3.05, 3.63) is 42.1 Å². The van der Waals surface area contributed by atoms with Crippen LogP contribution in [-0.4, -0.2) is 32.2 Å². The normalized spacial score (nSPS) is 11.2. The third kappa shape index (κ3) is 5.36. The summed E-state index contributed by atoms with van der Waals surface area (Å²) in [5.74, 6) is 0.771. The SMILES string of the molecule is CCCS(=O)(=O)Nc1ccc(Nc2ccc(N(CC)CC)cc2C)nc1. The van der Waals surface area contributed by atoms with Crippen LogP contribution in [0.4, 0.5) is 22.9 Å². The lowest BCUT2D eigenvalue weighted by atomic mass is 10.1. The number of aryl methyl sites for hydroxylation is 1. The summed E-state index contributed by atoms with van der Waals surface area (Å²) in [6.45, 7) is 10.1. The van der Waals surface area contributed by atoms with Crippen molar-refractivity contribution in [2.45, 2.75) is 34.1 Å². The summed E-state index contributed by atoms with van der Waals surface area (Å²) in [4.78, 5) is 6.60. The number of hydrogen-bond donors (Lipinski definition) is 2. The molecule has 26 heavy (non-hydrogen) atoms. The molecular formula is C19H28N4O2S. The number of aromatic nitrogens is 1. The fraction of sp³-hybridized carbons (Fsp3) is 0.421. The fourth-order valence-corrected chi connectivity index (χ4v) is 3.86. The van der Waals surface area contributed by atoms with Crippen molar-refractivity contribution in [3.8, 4) is 0 Å². The predicted molar refractivity (Wildman–Crippen MR) is 110 cm³/mol. The summed E-state index contributed by atoms with van der Waals surface area (Å²) >= 11 is 0. The molecule has 1 heterocycles. The molecule has 0 radical (unpaired) electrons. The van der Waals surface area contributed by atoms with Gasteiger partial charge in [0.25, 0.3) is 0 Å². The van der Waals surface area contributed by atoms with Crippen molar-refractivity contribution in [2.24, 2.45) is 0 Å². The van der Waals surface area contributed by atoms with Gasteiger partial charge in [-0.1, -0.05) is 6.92 Å². The Bertz CT molecular complexity index is 816. The van der Waals surface area contributed by atoms with Crippen LogP contribution in [0.5, 0.6) is 0 Å². The molecule has 0 aliphatic carbocycles. The molecule has 0 unspecified atom stereocenters. The first-order valence-corrected chi connectivity index (χ1v) is 10.6. The fourth-order valence-electron chi connectivity index (χ4n) is 2.74. The topological polar surface area (TPSA) is 74.3 Å². The molecule has 0 aliphatic heterocycles. The van der Waals surface area contributed by atoms with E-state index < -0.39 is 10.0 Å². The van der Waals surface area contributed by atoms with Gasteiger partial charge in [0.1, 0.15) is 5.82 Å². The number of pyridine rings is 1. The van der Waals surface area contributed by atoms with Gasteiger partial charge >= 0.3 is 0 Å². The lowest BCUT2D eigenvalue weighted by Crippen LogP contribution is -2.21. The van der Waals surface area contributed by atoms with Gasteiger partial charge in [0.05, 0.1) is 17.6 Å². The Labute approximate surface area is 156 Å². The maximum absolute atomic E-state index is 11.8. The zero-order chi connectivity index (χ0) is 19.2. The second-order valence-electron chi connectivity index (χ2n) is 6.15. The number of benzene rings is 1. The van der Waals surface area contributed by atoms with Crippen LogP contribution in [0.25, 0.3) is 0 Å². The van der Waals surface area contributed by atoms with E-state index >= 15 is 0 Å². The van der Waals surface area contributed by atoms with Crippen molar-refractivity contribution in [3.63, 3.8) is 0 Å². The highest BCUT2D eigenvalue weighted by molar-refractivity contribution is 7.92. The Morgan fingerprint density at radius 2 is 1.81 bits per heavy atom. The first-order chi connectivity index (χ1) is 12.4. The van der Waals surface area contributed by atoms with Gasteiger partial charge in [0.2, 0.25) is 10.0 Å². The van der Waals surface area contributed by atoms with Crippen molar-refractivity contribution >= 4 is 32.9 Å². The highest BCUT2D eigenvalue weighted by Crippen LogP contribution is 2.25. The minimum Gasteiger partial charge on any atom is -0.372 e. The Morgan fingerprint density at radius 1 is 1.08 bits per heavy atom. The number of nitrogens with one attached hydrogen (secondary N) is 2. The lowest BCUT2D eigenvalue weighted by Gasteiger charge is -2.22. The smallest absolute Gasteiger partial charge is 0.232 e. The number of sulfonamides is 1. The van der Waals surface area contributed by atoms with Gasteiger partial charge in [0.15, 0.2) is 0 Å². The molecule has 0 bridgehead atoms. The molecule has 2 N–H and O–H groups in total. The van der Waals surface area contributed by atoms with Crippen molar-refractivity contribution < 1.29 is 8.42 Å². The Morgan fingerprint density at radius 3 is 2.35 bits per heavy atom. The molecule has 0 saturated carbocycles. The molecule has 1 aromatic carbocycles. The number of hydrogen-bond acceptors (Lipinski definition) is 5. The molecule has 2 rings (SSSR count). The summed E-state index contributed by atoms with van der Waals surface area (Å²) < 4.78 is 26.1. The summed E-state index contributed by atoms with van der Waals surface area (Å²) in [5, 5.41) is 3.28. The molecule has 0 fully saturated rings. The van der Waals surface area contributed by atoms with Crippen LogP contribution in [0.3, 0.4) is 0 Å². The van der Waals surface area contributed by atoms with E-state index in [1.165, 1.54) is 11.9 Å². The van der Waals surface area contributed by atoms with E-state index in [0.717, 1.165) is 24.3 Å². The molecule has 6 nitrogen and oxygen atoms in total. The van der Waals surface area contributed by atoms with E-state index in [1.54, 1.807) is 12.1 Å². The molecule has 2 aromatic rings. The van der Waals surface area contributed by atoms with Gasteiger partial charge in [-0.05, 0) is 63.1 Å². The Hall–Kier alpha value is -2.28. The summed E-state index contributed by atoms with van der Waals surface area (Å²) in [6, 6.07) is 9.77. The summed E-state index contributed by atoms with van der Waals surface area (Å²) in [6.07, 6.45) is 2.10. The first kappa shape index (κ1) is 20.0. The highest BCUT2D eigenvalue weighted by Gasteiger charge is 2.09. The van der Waals surface area contributed by atoms with Crippen LogP contribution >= 0.6 is 0 Å². The van der Waals surface area contributed by atoms with Crippen LogP contribution in [0.2, 0.25) is 0 Å². The average Bonchev–Trinajstić information content (AvgIpc) is 2.59.